The van der Waals surface area contributed by atoms with Gasteiger partial charge in [0.15, 0.2) is 0 Å². The maximum absolute atomic E-state index is 12.3. The summed E-state index contributed by atoms with van der Waals surface area (Å²) in [7, 11) is 0. The van der Waals surface area contributed by atoms with Crippen LogP contribution in [0.1, 0.15) is 45.5 Å². The van der Waals surface area contributed by atoms with Crippen LogP contribution < -0.4 is 5.32 Å². The van der Waals surface area contributed by atoms with Crippen LogP contribution in [0.2, 0.25) is 0 Å². The minimum absolute atomic E-state index is 0.0409. The lowest BCUT2D eigenvalue weighted by Crippen LogP contribution is -2.65. The third kappa shape index (κ3) is 2.66. The Morgan fingerprint density at radius 2 is 2.05 bits per heavy atom. The molecule has 1 aromatic heterocycles. The van der Waals surface area contributed by atoms with Gasteiger partial charge in [0.25, 0.3) is 0 Å². The summed E-state index contributed by atoms with van der Waals surface area (Å²) in [6, 6.07) is 2.03. The fraction of sp³-hybridized carbons (Fsp3) is 0.667. The molecule has 2 amide bonds. The zero-order valence-electron chi connectivity index (χ0n) is 13.3. The number of carbonyl (C=O) groups excluding carboxylic acids is 2. The standard InChI is InChI=1S/C15H24N4O2/c1-5-11-8-12(19(7-3)17-11)10-18-13(20)9-16-14(21)15(18,4)6-2/h8H,5-7,9-10H2,1-4H3,(H,16,21). The normalized spacial score (nSPS) is 22.6. The quantitative estimate of drug-likeness (QED) is 0.883. The van der Waals surface area contributed by atoms with Gasteiger partial charge in [-0.05, 0) is 32.8 Å². The first-order chi connectivity index (χ1) is 9.96. The number of nitrogens with zero attached hydrogens (tertiary/aromatic N) is 3. The Morgan fingerprint density at radius 3 is 2.62 bits per heavy atom. The van der Waals surface area contributed by atoms with Gasteiger partial charge in [0.1, 0.15) is 5.54 Å². The molecule has 0 radical (unpaired) electrons. The molecule has 0 spiro atoms. The highest BCUT2D eigenvalue weighted by Gasteiger charge is 2.44. The molecule has 0 aromatic carbocycles. The van der Waals surface area contributed by atoms with Gasteiger partial charge >= 0.3 is 0 Å². The number of piperazine rings is 1. The van der Waals surface area contributed by atoms with E-state index in [4.69, 9.17) is 0 Å². The van der Waals surface area contributed by atoms with Crippen molar-refractivity contribution in [2.45, 2.75) is 59.2 Å². The molecule has 1 saturated heterocycles. The van der Waals surface area contributed by atoms with Gasteiger partial charge < -0.3 is 10.2 Å². The summed E-state index contributed by atoms with van der Waals surface area (Å²) in [5.74, 6) is -0.122. The first kappa shape index (κ1) is 15.5. The zero-order valence-corrected chi connectivity index (χ0v) is 13.3. The predicted molar refractivity (Wildman–Crippen MR) is 79.5 cm³/mol. The van der Waals surface area contributed by atoms with Crippen LogP contribution in [0.15, 0.2) is 6.07 Å². The number of aromatic nitrogens is 2. The first-order valence-corrected chi connectivity index (χ1v) is 7.60. The zero-order chi connectivity index (χ0) is 15.6. The van der Waals surface area contributed by atoms with Gasteiger partial charge in [-0.3, -0.25) is 14.3 Å². The van der Waals surface area contributed by atoms with Crippen molar-refractivity contribution >= 4 is 11.8 Å². The minimum Gasteiger partial charge on any atom is -0.345 e. The Kier molecular flexibility index (Phi) is 4.34. The average Bonchev–Trinajstić information content (AvgIpc) is 2.90. The van der Waals surface area contributed by atoms with Crippen molar-refractivity contribution in [3.8, 4) is 0 Å². The molecule has 21 heavy (non-hydrogen) atoms. The molecule has 0 saturated carbocycles. The molecular formula is C15H24N4O2. The molecule has 1 atom stereocenters. The lowest BCUT2D eigenvalue weighted by molar-refractivity contribution is -0.153. The molecule has 1 unspecified atom stereocenters. The second-order valence-corrected chi connectivity index (χ2v) is 5.59. The maximum atomic E-state index is 12.3. The highest BCUT2D eigenvalue weighted by molar-refractivity contribution is 5.97. The van der Waals surface area contributed by atoms with E-state index in [1.165, 1.54) is 0 Å². The topological polar surface area (TPSA) is 67.2 Å². The maximum Gasteiger partial charge on any atom is 0.246 e. The third-order valence-corrected chi connectivity index (χ3v) is 4.37. The Morgan fingerprint density at radius 1 is 1.33 bits per heavy atom. The van der Waals surface area contributed by atoms with Crippen molar-refractivity contribution < 1.29 is 9.59 Å². The van der Waals surface area contributed by atoms with Crippen molar-refractivity contribution in [2.75, 3.05) is 6.54 Å². The molecule has 0 aliphatic carbocycles. The summed E-state index contributed by atoms with van der Waals surface area (Å²) in [6.45, 7) is 9.10. The van der Waals surface area contributed by atoms with Crippen molar-refractivity contribution in [1.82, 2.24) is 20.0 Å². The van der Waals surface area contributed by atoms with E-state index in [2.05, 4.69) is 17.3 Å². The SMILES string of the molecule is CCc1cc(CN2C(=O)CNC(=O)C2(C)CC)n(CC)n1. The van der Waals surface area contributed by atoms with Gasteiger partial charge in [-0.15, -0.1) is 0 Å². The lowest BCUT2D eigenvalue weighted by Gasteiger charge is -2.43. The molecule has 6 heteroatoms. The highest BCUT2D eigenvalue weighted by Crippen LogP contribution is 2.25. The Balaban J connectivity index is 2.33. The van der Waals surface area contributed by atoms with E-state index in [0.29, 0.717) is 13.0 Å². The van der Waals surface area contributed by atoms with Gasteiger partial charge in [-0.25, -0.2) is 0 Å². The Hall–Kier alpha value is -1.85. The van der Waals surface area contributed by atoms with Crippen LogP contribution in [-0.4, -0.2) is 38.6 Å². The number of carbonyl (C=O) groups is 2. The largest absolute Gasteiger partial charge is 0.345 e. The van der Waals surface area contributed by atoms with Crippen LogP contribution in [-0.2, 0) is 29.1 Å². The fourth-order valence-corrected chi connectivity index (χ4v) is 2.70. The summed E-state index contributed by atoms with van der Waals surface area (Å²) < 4.78 is 1.91. The molecule has 2 heterocycles. The molecule has 1 fully saturated rings. The van der Waals surface area contributed by atoms with Crippen molar-refractivity contribution in [3.05, 3.63) is 17.5 Å². The van der Waals surface area contributed by atoms with E-state index >= 15 is 0 Å². The van der Waals surface area contributed by atoms with Crippen LogP contribution >= 0.6 is 0 Å². The van der Waals surface area contributed by atoms with E-state index < -0.39 is 5.54 Å². The van der Waals surface area contributed by atoms with Crippen LogP contribution in [0.3, 0.4) is 0 Å². The summed E-state index contributed by atoms with van der Waals surface area (Å²) >= 11 is 0. The van der Waals surface area contributed by atoms with Crippen LogP contribution in [0.4, 0.5) is 0 Å². The number of hydrogen-bond donors (Lipinski definition) is 1. The fourth-order valence-electron chi connectivity index (χ4n) is 2.70. The van der Waals surface area contributed by atoms with Crippen molar-refractivity contribution in [3.63, 3.8) is 0 Å². The van der Waals surface area contributed by atoms with Crippen molar-refractivity contribution in [1.29, 1.82) is 0 Å². The van der Waals surface area contributed by atoms with E-state index in [1.54, 1.807) is 4.90 Å². The molecule has 2 rings (SSSR count). The highest BCUT2D eigenvalue weighted by atomic mass is 16.2. The van der Waals surface area contributed by atoms with Crippen LogP contribution in [0.25, 0.3) is 0 Å². The first-order valence-electron chi connectivity index (χ1n) is 7.60. The summed E-state index contributed by atoms with van der Waals surface area (Å²) in [4.78, 5) is 26.1. The number of hydrogen-bond acceptors (Lipinski definition) is 3. The molecule has 1 aliphatic heterocycles. The van der Waals surface area contributed by atoms with E-state index in [9.17, 15) is 9.59 Å². The van der Waals surface area contributed by atoms with Gasteiger partial charge in [0, 0.05) is 6.54 Å². The minimum atomic E-state index is -0.787. The van der Waals surface area contributed by atoms with Gasteiger partial charge in [-0.1, -0.05) is 13.8 Å². The predicted octanol–water partition coefficient (Wildman–Crippen LogP) is 1.09. The average molecular weight is 292 g/mol. The molecular weight excluding hydrogens is 268 g/mol. The third-order valence-electron chi connectivity index (χ3n) is 4.37. The molecule has 1 N–H and O–H groups in total. The summed E-state index contributed by atoms with van der Waals surface area (Å²) in [5, 5.41) is 7.19. The van der Waals surface area contributed by atoms with Crippen LogP contribution in [0, 0.1) is 0 Å². The molecule has 116 valence electrons. The summed E-state index contributed by atoms with van der Waals surface area (Å²) in [5.41, 5.74) is 1.21. The van der Waals surface area contributed by atoms with Gasteiger partial charge in [-0.2, -0.15) is 5.10 Å². The Labute approximate surface area is 125 Å². The second kappa shape index (κ2) is 5.87. The molecule has 6 nitrogen and oxygen atoms in total. The number of nitrogens with one attached hydrogen (secondary N) is 1. The van der Waals surface area contributed by atoms with Crippen molar-refractivity contribution in [2.24, 2.45) is 0 Å². The van der Waals surface area contributed by atoms with E-state index in [1.807, 2.05) is 31.5 Å². The molecule has 1 aromatic rings. The smallest absolute Gasteiger partial charge is 0.246 e. The number of amides is 2. The van der Waals surface area contributed by atoms with Gasteiger partial charge in [0.05, 0.1) is 24.5 Å². The molecule has 1 aliphatic rings. The summed E-state index contributed by atoms with van der Waals surface area (Å²) in [6.07, 6.45) is 1.45. The lowest BCUT2D eigenvalue weighted by atomic mass is 9.92. The van der Waals surface area contributed by atoms with E-state index in [-0.39, 0.29) is 18.4 Å². The number of rotatable bonds is 5. The monoisotopic (exact) mass is 292 g/mol. The second-order valence-electron chi connectivity index (χ2n) is 5.59. The van der Waals surface area contributed by atoms with E-state index in [0.717, 1.165) is 24.4 Å². The Bertz CT molecular complexity index is 552. The number of aryl methyl sites for hydroxylation is 2. The van der Waals surface area contributed by atoms with Gasteiger partial charge in [0.2, 0.25) is 11.8 Å². The van der Waals surface area contributed by atoms with Crippen LogP contribution in [0.5, 0.6) is 0 Å². The molecule has 0 bridgehead atoms.